The van der Waals surface area contributed by atoms with E-state index in [1.807, 2.05) is 37.3 Å². The highest BCUT2D eigenvalue weighted by Crippen LogP contribution is 2.32. The molecule has 0 saturated carbocycles. The molecule has 1 aromatic carbocycles. The Morgan fingerprint density at radius 2 is 1.93 bits per heavy atom. The zero-order chi connectivity index (χ0) is 19.0. The third-order valence-electron chi connectivity index (χ3n) is 4.80. The van der Waals surface area contributed by atoms with Crippen LogP contribution in [0.5, 0.6) is 0 Å². The Morgan fingerprint density at radius 3 is 2.63 bits per heavy atom. The molecule has 2 aromatic heterocycles. The molecule has 5 atom stereocenters. The summed E-state index contributed by atoms with van der Waals surface area (Å²) in [4.78, 5) is 12.9. The quantitative estimate of drug-likeness (QED) is 0.514. The molecule has 1 saturated heterocycles. The molecule has 4 rings (SSSR count). The highest BCUT2D eigenvalue weighted by molar-refractivity contribution is 5.82. The fraction of sp³-hybridized carbons (Fsp3) is 0.389. The van der Waals surface area contributed by atoms with Crippen LogP contribution in [0.25, 0.3) is 11.2 Å². The standard InChI is InChI=1S/C18H21N5O4/c1-10(11-5-3-2-4-6-11)22-16-13-17(20-8-19-16)23(9-21-13)18-15(26)14(25)12(7-24)27-18/h2-6,8-10,12,14-15,18,24-26H,7H2,1H3,(H,19,20,22)/t10-,12-,14-,15-,18-/m1/s1. The number of nitrogens with one attached hydrogen (secondary N) is 1. The van der Waals surface area contributed by atoms with E-state index in [1.54, 1.807) is 4.57 Å². The molecule has 3 aromatic rings. The van der Waals surface area contributed by atoms with Gasteiger partial charge in [0.05, 0.1) is 19.0 Å². The Morgan fingerprint density at radius 1 is 1.15 bits per heavy atom. The van der Waals surface area contributed by atoms with Gasteiger partial charge in [-0.2, -0.15) is 0 Å². The van der Waals surface area contributed by atoms with E-state index in [1.165, 1.54) is 12.7 Å². The SMILES string of the molecule is C[C@@H](Nc1ncnc2c1ncn2[C@@H]1O[C@H](CO)[C@@H](O)[C@H]1O)c1ccccc1. The van der Waals surface area contributed by atoms with Crippen molar-refractivity contribution in [3.8, 4) is 0 Å². The lowest BCUT2D eigenvalue weighted by molar-refractivity contribution is -0.0511. The highest BCUT2D eigenvalue weighted by atomic mass is 16.6. The molecular weight excluding hydrogens is 350 g/mol. The number of ether oxygens (including phenoxy) is 1. The lowest BCUT2D eigenvalue weighted by atomic mass is 10.1. The van der Waals surface area contributed by atoms with Crippen LogP contribution in [0.3, 0.4) is 0 Å². The van der Waals surface area contributed by atoms with Crippen molar-refractivity contribution >= 4 is 17.0 Å². The molecule has 1 aliphatic rings. The molecule has 142 valence electrons. The topological polar surface area (TPSA) is 126 Å². The summed E-state index contributed by atoms with van der Waals surface area (Å²) in [6, 6.07) is 9.95. The Kier molecular flexibility index (Phi) is 4.75. The second-order valence-electron chi connectivity index (χ2n) is 6.55. The average molecular weight is 371 g/mol. The summed E-state index contributed by atoms with van der Waals surface area (Å²) in [5.41, 5.74) is 2.09. The molecule has 0 amide bonds. The number of fused-ring (bicyclic) bond motifs is 1. The smallest absolute Gasteiger partial charge is 0.167 e. The first-order chi connectivity index (χ1) is 13.1. The summed E-state index contributed by atoms with van der Waals surface area (Å²) in [5.74, 6) is 0.557. The molecule has 9 nitrogen and oxygen atoms in total. The van der Waals surface area contributed by atoms with Crippen molar-refractivity contribution in [2.24, 2.45) is 0 Å². The van der Waals surface area contributed by atoms with E-state index in [0.29, 0.717) is 17.0 Å². The molecule has 0 unspecified atom stereocenters. The normalized spacial score (nSPS) is 26.4. The van der Waals surface area contributed by atoms with Gasteiger partial charge in [0.1, 0.15) is 24.6 Å². The molecule has 1 aliphatic heterocycles. The van der Waals surface area contributed by atoms with E-state index >= 15 is 0 Å². The summed E-state index contributed by atoms with van der Waals surface area (Å²) in [7, 11) is 0. The van der Waals surface area contributed by atoms with Gasteiger partial charge in [-0.25, -0.2) is 15.0 Å². The minimum Gasteiger partial charge on any atom is -0.394 e. The van der Waals surface area contributed by atoms with Crippen LogP contribution in [-0.4, -0.2) is 59.8 Å². The van der Waals surface area contributed by atoms with Gasteiger partial charge >= 0.3 is 0 Å². The van der Waals surface area contributed by atoms with Crippen molar-refractivity contribution in [2.75, 3.05) is 11.9 Å². The molecule has 0 spiro atoms. The van der Waals surface area contributed by atoms with Crippen LogP contribution in [-0.2, 0) is 4.74 Å². The zero-order valence-corrected chi connectivity index (χ0v) is 14.7. The third-order valence-corrected chi connectivity index (χ3v) is 4.80. The van der Waals surface area contributed by atoms with E-state index < -0.39 is 31.1 Å². The minimum atomic E-state index is -1.20. The second kappa shape index (κ2) is 7.20. The summed E-state index contributed by atoms with van der Waals surface area (Å²) in [5, 5.41) is 32.8. The van der Waals surface area contributed by atoms with E-state index in [9.17, 15) is 15.3 Å². The number of aliphatic hydroxyl groups is 3. The number of aromatic nitrogens is 4. The lowest BCUT2D eigenvalue weighted by Gasteiger charge is -2.17. The maximum absolute atomic E-state index is 10.3. The first-order valence-electron chi connectivity index (χ1n) is 8.71. The fourth-order valence-electron chi connectivity index (χ4n) is 3.28. The van der Waals surface area contributed by atoms with Gasteiger partial charge in [-0.15, -0.1) is 0 Å². The van der Waals surface area contributed by atoms with Crippen molar-refractivity contribution in [3.63, 3.8) is 0 Å². The lowest BCUT2D eigenvalue weighted by Crippen LogP contribution is -2.33. The van der Waals surface area contributed by atoms with Crippen LogP contribution < -0.4 is 5.32 Å². The Labute approximate surface area is 155 Å². The molecule has 0 radical (unpaired) electrons. The average Bonchev–Trinajstić information content (AvgIpc) is 3.25. The summed E-state index contributed by atoms with van der Waals surface area (Å²) < 4.78 is 7.11. The van der Waals surface area contributed by atoms with Crippen LogP contribution in [0.15, 0.2) is 43.0 Å². The third kappa shape index (κ3) is 3.15. The van der Waals surface area contributed by atoms with E-state index in [0.717, 1.165) is 5.56 Å². The van der Waals surface area contributed by atoms with E-state index in [-0.39, 0.29) is 6.04 Å². The first kappa shape index (κ1) is 17.8. The summed E-state index contributed by atoms with van der Waals surface area (Å²) in [6.07, 6.45) is -1.25. The number of benzene rings is 1. The molecule has 27 heavy (non-hydrogen) atoms. The van der Waals surface area contributed by atoms with Crippen molar-refractivity contribution in [3.05, 3.63) is 48.5 Å². The second-order valence-corrected chi connectivity index (χ2v) is 6.55. The van der Waals surface area contributed by atoms with Crippen LogP contribution in [0.1, 0.15) is 24.8 Å². The predicted octanol–water partition coefficient (Wildman–Crippen LogP) is 0.611. The maximum atomic E-state index is 10.3. The van der Waals surface area contributed by atoms with Gasteiger partial charge in [0, 0.05) is 0 Å². The van der Waals surface area contributed by atoms with Crippen LogP contribution in [0.4, 0.5) is 5.82 Å². The predicted molar refractivity (Wildman–Crippen MR) is 96.8 cm³/mol. The largest absolute Gasteiger partial charge is 0.394 e. The zero-order valence-electron chi connectivity index (χ0n) is 14.7. The van der Waals surface area contributed by atoms with Gasteiger partial charge in [-0.3, -0.25) is 4.57 Å². The van der Waals surface area contributed by atoms with Crippen LogP contribution in [0.2, 0.25) is 0 Å². The molecule has 9 heteroatoms. The number of hydrogen-bond acceptors (Lipinski definition) is 8. The van der Waals surface area contributed by atoms with Crippen LogP contribution >= 0.6 is 0 Å². The molecule has 1 fully saturated rings. The monoisotopic (exact) mass is 371 g/mol. The fourth-order valence-corrected chi connectivity index (χ4v) is 3.28. The van der Waals surface area contributed by atoms with Gasteiger partial charge in [0.2, 0.25) is 0 Å². The summed E-state index contributed by atoms with van der Waals surface area (Å²) in [6.45, 7) is 1.63. The number of aliphatic hydroxyl groups excluding tert-OH is 3. The Bertz CT molecular complexity index is 919. The molecule has 4 N–H and O–H groups in total. The number of nitrogens with zero attached hydrogens (tertiary/aromatic N) is 4. The number of hydrogen-bond donors (Lipinski definition) is 4. The Hall–Kier alpha value is -2.59. The number of rotatable bonds is 5. The number of imidazole rings is 1. The van der Waals surface area contributed by atoms with Gasteiger partial charge < -0.3 is 25.4 Å². The van der Waals surface area contributed by atoms with E-state index in [4.69, 9.17) is 4.74 Å². The number of anilines is 1. The van der Waals surface area contributed by atoms with Crippen molar-refractivity contribution < 1.29 is 20.1 Å². The molecule has 0 aliphatic carbocycles. The maximum Gasteiger partial charge on any atom is 0.167 e. The highest BCUT2D eigenvalue weighted by Gasteiger charge is 2.44. The van der Waals surface area contributed by atoms with Gasteiger partial charge in [-0.1, -0.05) is 30.3 Å². The molecule has 0 bridgehead atoms. The summed E-state index contributed by atoms with van der Waals surface area (Å²) >= 11 is 0. The van der Waals surface area contributed by atoms with Gasteiger partial charge in [0.25, 0.3) is 0 Å². The van der Waals surface area contributed by atoms with Gasteiger partial charge in [-0.05, 0) is 12.5 Å². The van der Waals surface area contributed by atoms with Gasteiger partial charge in [0.15, 0.2) is 23.2 Å². The van der Waals surface area contributed by atoms with E-state index in [2.05, 4.69) is 20.3 Å². The first-order valence-corrected chi connectivity index (χ1v) is 8.71. The Balaban J connectivity index is 1.64. The van der Waals surface area contributed by atoms with Crippen LogP contribution in [0, 0.1) is 0 Å². The van der Waals surface area contributed by atoms with Crippen molar-refractivity contribution in [1.82, 2.24) is 19.5 Å². The molecule has 3 heterocycles. The van der Waals surface area contributed by atoms with Crippen molar-refractivity contribution in [1.29, 1.82) is 0 Å². The minimum absolute atomic E-state index is 0.00311. The van der Waals surface area contributed by atoms with Crippen molar-refractivity contribution in [2.45, 2.75) is 37.5 Å². The molecular formula is C18H21N5O4.